The molecule has 0 spiro atoms. The quantitative estimate of drug-likeness (QED) is 0.371. The van der Waals surface area contributed by atoms with Gasteiger partial charge in [-0.3, -0.25) is 0 Å². The average Bonchev–Trinajstić information content (AvgIpc) is 3.09. The number of hydrogen-bond donors (Lipinski definition) is 0. The van der Waals surface area contributed by atoms with Crippen molar-refractivity contribution in [1.82, 2.24) is 0 Å². The zero-order valence-electron chi connectivity index (χ0n) is 19.7. The zero-order valence-corrected chi connectivity index (χ0v) is 19.7. The molecule has 11 heteroatoms. The average molecular weight is 455 g/mol. The van der Waals surface area contributed by atoms with Gasteiger partial charge in [0.25, 0.3) is 0 Å². The molecule has 2 saturated heterocycles. The summed E-state index contributed by atoms with van der Waals surface area (Å²) in [5.74, 6) is -1.12. The van der Waals surface area contributed by atoms with Crippen LogP contribution in [0.2, 0.25) is 0 Å². The standard InChI is InChI=1S/C20H38O11/c1-21-9-12-14(23-3)16(25-5)17(26-6)19(30-12)29-10-13-15(24-4)18(27-7)20(28-8,31-13)11-22-2/h12-19H,9-11H2,1-8H3/t12-,13-,14-,15-,16+,17-,18+,19+,20?/m1/s1. The first kappa shape index (κ1) is 26.8. The zero-order chi connectivity index (χ0) is 23.0. The summed E-state index contributed by atoms with van der Waals surface area (Å²) in [5, 5.41) is 0. The minimum atomic E-state index is -1.12. The summed E-state index contributed by atoms with van der Waals surface area (Å²) in [5.41, 5.74) is 0. The van der Waals surface area contributed by atoms with E-state index in [0.717, 1.165) is 0 Å². The molecule has 31 heavy (non-hydrogen) atoms. The summed E-state index contributed by atoms with van der Waals surface area (Å²) < 4.78 is 62.8. The van der Waals surface area contributed by atoms with Gasteiger partial charge in [0.15, 0.2) is 6.29 Å². The van der Waals surface area contributed by atoms with Gasteiger partial charge in [-0.05, 0) is 0 Å². The molecule has 2 aliphatic rings. The Morgan fingerprint density at radius 3 is 1.77 bits per heavy atom. The van der Waals surface area contributed by atoms with E-state index in [4.69, 9.17) is 52.1 Å². The van der Waals surface area contributed by atoms with E-state index in [0.29, 0.717) is 6.61 Å². The fourth-order valence-electron chi connectivity index (χ4n) is 4.40. The van der Waals surface area contributed by atoms with Crippen LogP contribution < -0.4 is 0 Å². The molecule has 0 N–H and O–H groups in total. The second-order valence-corrected chi connectivity index (χ2v) is 7.39. The van der Waals surface area contributed by atoms with E-state index in [9.17, 15) is 0 Å². The predicted molar refractivity (Wildman–Crippen MR) is 107 cm³/mol. The van der Waals surface area contributed by atoms with Crippen molar-refractivity contribution in [3.8, 4) is 0 Å². The molecule has 2 aliphatic heterocycles. The van der Waals surface area contributed by atoms with Crippen molar-refractivity contribution >= 4 is 0 Å². The topological polar surface area (TPSA) is 102 Å². The van der Waals surface area contributed by atoms with Crippen LogP contribution in [0, 0.1) is 0 Å². The highest BCUT2D eigenvalue weighted by Crippen LogP contribution is 2.37. The third-order valence-electron chi connectivity index (χ3n) is 5.83. The summed E-state index contributed by atoms with van der Waals surface area (Å²) in [6, 6.07) is 0. The van der Waals surface area contributed by atoms with Crippen LogP contribution >= 0.6 is 0 Å². The van der Waals surface area contributed by atoms with E-state index in [1.165, 1.54) is 7.11 Å². The van der Waals surface area contributed by atoms with Crippen LogP contribution in [-0.2, 0) is 52.1 Å². The molecule has 184 valence electrons. The number of hydrogen-bond acceptors (Lipinski definition) is 11. The molecule has 9 atom stereocenters. The van der Waals surface area contributed by atoms with Crippen LogP contribution in [0.15, 0.2) is 0 Å². The molecule has 0 aromatic carbocycles. The molecule has 2 rings (SSSR count). The molecule has 2 fully saturated rings. The minimum absolute atomic E-state index is 0.130. The first-order chi connectivity index (χ1) is 15.0. The molecule has 0 aromatic heterocycles. The molecule has 0 amide bonds. The Kier molecular flexibility index (Phi) is 11.0. The Labute approximate surface area is 184 Å². The molecule has 2 heterocycles. The lowest BCUT2D eigenvalue weighted by Crippen LogP contribution is -2.61. The second-order valence-electron chi connectivity index (χ2n) is 7.39. The van der Waals surface area contributed by atoms with Gasteiger partial charge in [0, 0.05) is 56.9 Å². The summed E-state index contributed by atoms with van der Waals surface area (Å²) in [6.45, 7) is 0.601. The van der Waals surface area contributed by atoms with E-state index >= 15 is 0 Å². The maximum absolute atomic E-state index is 6.18. The number of rotatable bonds is 13. The highest BCUT2D eigenvalue weighted by Gasteiger charge is 2.57. The normalized spacial score (nSPS) is 41.0. The molecule has 0 aromatic rings. The van der Waals surface area contributed by atoms with Crippen molar-refractivity contribution in [2.45, 2.75) is 54.8 Å². The summed E-state index contributed by atoms with van der Waals surface area (Å²) >= 11 is 0. The van der Waals surface area contributed by atoms with Crippen LogP contribution in [0.1, 0.15) is 0 Å². The SMILES string of the molecule is COC[C@H]1O[C@H](OC[C@H]2OC(COC)(OC)[C@@H](OC)[C@@H]2OC)[C@H](OC)[C@@H](OC)[C@@H]1OC. The van der Waals surface area contributed by atoms with E-state index in [1.807, 2.05) is 0 Å². The Bertz CT molecular complexity index is 510. The predicted octanol–water partition coefficient (Wildman–Crippen LogP) is -0.163. The fraction of sp³-hybridized carbons (Fsp3) is 1.00. The molecule has 0 bridgehead atoms. The monoisotopic (exact) mass is 454 g/mol. The van der Waals surface area contributed by atoms with Crippen molar-refractivity contribution in [3.63, 3.8) is 0 Å². The summed E-state index contributed by atoms with van der Waals surface area (Å²) in [7, 11) is 12.6. The van der Waals surface area contributed by atoms with E-state index in [1.54, 1.807) is 49.8 Å². The van der Waals surface area contributed by atoms with Gasteiger partial charge < -0.3 is 52.1 Å². The van der Waals surface area contributed by atoms with Crippen LogP contribution in [-0.4, -0.2) is 132 Å². The molecular formula is C20H38O11. The largest absolute Gasteiger partial charge is 0.382 e. The summed E-state index contributed by atoms with van der Waals surface area (Å²) in [6.07, 6.45) is -3.97. The Hall–Kier alpha value is -0.440. The van der Waals surface area contributed by atoms with Gasteiger partial charge in [0.05, 0.1) is 13.2 Å². The number of methoxy groups -OCH3 is 8. The Balaban J connectivity index is 2.16. The first-order valence-corrected chi connectivity index (χ1v) is 10.1. The van der Waals surface area contributed by atoms with Crippen LogP contribution in [0.3, 0.4) is 0 Å². The molecule has 1 unspecified atom stereocenters. The van der Waals surface area contributed by atoms with Crippen LogP contribution in [0.25, 0.3) is 0 Å². The van der Waals surface area contributed by atoms with Gasteiger partial charge in [-0.25, -0.2) is 0 Å². The molecule has 0 saturated carbocycles. The van der Waals surface area contributed by atoms with Crippen LogP contribution in [0.4, 0.5) is 0 Å². The van der Waals surface area contributed by atoms with E-state index in [-0.39, 0.29) is 19.3 Å². The van der Waals surface area contributed by atoms with Crippen molar-refractivity contribution in [1.29, 1.82) is 0 Å². The van der Waals surface area contributed by atoms with Gasteiger partial charge in [-0.1, -0.05) is 0 Å². The smallest absolute Gasteiger partial charge is 0.221 e. The second kappa shape index (κ2) is 12.7. The number of ether oxygens (including phenoxy) is 11. The first-order valence-electron chi connectivity index (χ1n) is 10.1. The lowest BCUT2D eigenvalue weighted by Gasteiger charge is -2.44. The van der Waals surface area contributed by atoms with Crippen LogP contribution in [0.5, 0.6) is 0 Å². The minimum Gasteiger partial charge on any atom is -0.382 e. The van der Waals surface area contributed by atoms with Crippen molar-refractivity contribution in [2.24, 2.45) is 0 Å². The fourth-order valence-corrected chi connectivity index (χ4v) is 4.40. The van der Waals surface area contributed by atoms with Gasteiger partial charge >= 0.3 is 0 Å². The molecule has 0 aliphatic carbocycles. The third-order valence-corrected chi connectivity index (χ3v) is 5.83. The third kappa shape index (κ3) is 5.56. The van der Waals surface area contributed by atoms with Crippen molar-refractivity contribution < 1.29 is 52.1 Å². The van der Waals surface area contributed by atoms with E-state index in [2.05, 4.69) is 0 Å². The highest BCUT2D eigenvalue weighted by atomic mass is 16.8. The lowest BCUT2D eigenvalue weighted by atomic mass is 9.98. The highest BCUT2D eigenvalue weighted by molar-refractivity contribution is 4.99. The van der Waals surface area contributed by atoms with Crippen molar-refractivity contribution in [2.75, 3.05) is 76.7 Å². The van der Waals surface area contributed by atoms with Crippen molar-refractivity contribution in [3.05, 3.63) is 0 Å². The molecule has 11 nitrogen and oxygen atoms in total. The Morgan fingerprint density at radius 1 is 0.645 bits per heavy atom. The van der Waals surface area contributed by atoms with Gasteiger partial charge in [-0.15, -0.1) is 0 Å². The van der Waals surface area contributed by atoms with Gasteiger partial charge in [-0.2, -0.15) is 0 Å². The summed E-state index contributed by atoms with van der Waals surface area (Å²) in [4.78, 5) is 0. The lowest BCUT2D eigenvalue weighted by molar-refractivity contribution is -0.322. The Morgan fingerprint density at radius 2 is 1.29 bits per heavy atom. The van der Waals surface area contributed by atoms with Gasteiger partial charge in [0.1, 0.15) is 49.3 Å². The molecular weight excluding hydrogens is 416 g/mol. The van der Waals surface area contributed by atoms with E-state index < -0.39 is 48.7 Å². The maximum Gasteiger partial charge on any atom is 0.221 e. The molecule has 0 radical (unpaired) electrons. The maximum atomic E-state index is 6.18. The van der Waals surface area contributed by atoms with Gasteiger partial charge in [0.2, 0.25) is 5.79 Å².